The average Bonchev–Trinajstić information content (AvgIpc) is 3.32. The van der Waals surface area contributed by atoms with E-state index in [4.69, 9.17) is 0 Å². The number of hydrogen-bond acceptors (Lipinski definition) is 6. The minimum Gasteiger partial charge on any atom is -0.296 e. The van der Waals surface area contributed by atoms with Crippen molar-refractivity contribution < 1.29 is 27.6 Å². The van der Waals surface area contributed by atoms with Crippen molar-refractivity contribution in [3.8, 4) is 0 Å². The molecule has 1 saturated heterocycles. The molecule has 0 bridgehead atoms. The van der Waals surface area contributed by atoms with Crippen LogP contribution in [0.4, 0.5) is 18.9 Å². The van der Waals surface area contributed by atoms with Gasteiger partial charge in [0.05, 0.1) is 16.8 Å². The molecule has 3 heterocycles. The number of aromatic nitrogens is 1. The Morgan fingerprint density at radius 2 is 1.75 bits per heavy atom. The number of imide groups is 1. The third-order valence-electron chi connectivity index (χ3n) is 5.42. The molecular formula is C22H13F3N4O3. The number of para-hydroxylation sites is 1. The molecule has 2 atom stereocenters. The third kappa shape index (κ3) is 3.03. The number of ketones is 1. The minimum atomic E-state index is -4.64. The summed E-state index contributed by atoms with van der Waals surface area (Å²) in [6.45, 7) is 0. The second kappa shape index (κ2) is 6.98. The van der Waals surface area contributed by atoms with Crippen LogP contribution in [0, 0.1) is 5.92 Å². The van der Waals surface area contributed by atoms with Crippen molar-refractivity contribution in [3.05, 3.63) is 71.9 Å². The molecule has 2 aliphatic heterocycles. The number of hydrazone groups is 1. The van der Waals surface area contributed by atoms with Gasteiger partial charge in [-0.3, -0.25) is 19.8 Å². The number of fused-ring (bicyclic) bond motifs is 2. The second-order valence-corrected chi connectivity index (χ2v) is 7.36. The zero-order valence-electron chi connectivity index (χ0n) is 16.1. The molecule has 2 aliphatic rings. The lowest BCUT2D eigenvalue weighted by Gasteiger charge is -2.17. The van der Waals surface area contributed by atoms with Crippen LogP contribution in [0.25, 0.3) is 10.9 Å². The van der Waals surface area contributed by atoms with Crippen molar-refractivity contribution in [2.24, 2.45) is 11.0 Å². The highest BCUT2D eigenvalue weighted by atomic mass is 19.4. The summed E-state index contributed by atoms with van der Waals surface area (Å²) in [5.74, 6) is -3.49. The summed E-state index contributed by atoms with van der Waals surface area (Å²) in [4.78, 5) is 43.9. The van der Waals surface area contributed by atoms with Crippen LogP contribution >= 0.6 is 0 Å². The van der Waals surface area contributed by atoms with Gasteiger partial charge in [-0.15, -0.1) is 0 Å². The SMILES string of the molecule is O=C(C1=NN[C@@H]2C(=O)N(c3cccc(C(F)(F)F)c3)C(=O)[C@H]12)c1ccc2ccccc2n1. The highest BCUT2D eigenvalue weighted by Gasteiger charge is 2.55. The molecule has 5 rings (SSSR count). The fraction of sp³-hybridized carbons (Fsp3) is 0.136. The number of Topliss-reactive ketones (excluding diaryl/α,β-unsaturated/α-hetero) is 1. The van der Waals surface area contributed by atoms with Crippen molar-refractivity contribution >= 4 is 39.9 Å². The van der Waals surface area contributed by atoms with Crippen molar-refractivity contribution in [1.29, 1.82) is 0 Å². The number of carbonyl (C=O) groups excluding carboxylic acids is 3. The van der Waals surface area contributed by atoms with E-state index in [-0.39, 0.29) is 17.1 Å². The van der Waals surface area contributed by atoms with Crippen LogP contribution < -0.4 is 10.3 Å². The van der Waals surface area contributed by atoms with Gasteiger partial charge in [0.25, 0.3) is 5.91 Å². The zero-order valence-corrected chi connectivity index (χ0v) is 16.1. The largest absolute Gasteiger partial charge is 0.416 e. The Morgan fingerprint density at radius 1 is 0.969 bits per heavy atom. The number of pyridine rings is 1. The number of anilines is 1. The molecule has 0 unspecified atom stereocenters. The lowest BCUT2D eigenvalue weighted by Crippen LogP contribution is -2.36. The Hall–Kier alpha value is -4.08. The van der Waals surface area contributed by atoms with E-state index in [1.807, 2.05) is 12.1 Å². The number of nitrogens with zero attached hydrogens (tertiary/aromatic N) is 3. The first-order valence-corrected chi connectivity index (χ1v) is 9.54. The molecule has 3 aromatic rings. The first-order chi connectivity index (χ1) is 15.3. The van der Waals surface area contributed by atoms with E-state index in [2.05, 4.69) is 15.5 Å². The van der Waals surface area contributed by atoms with E-state index in [0.717, 1.165) is 23.6 Å². The zero-order chi connectivity index (χ0) is 22.6. The van der Waals surface area contributed by atoms with Gasteiger partial charge in [0.15, 0.2) is 0 Å². The highest BCUT2D eigenvalue weighted by Crippen LogP contribution is 2.35. The summed E-state index contributed by atoms with van der Waals surface area (Å²) in [5, 5.41) is 4.71. The predicted octanol–water partition coefficient (Wildman–Crippen LogP) is 2.95. The maximum absolute atomic E-state index is 13.1. The van der Waals surface area contributed by atoms with Gasteiger partial charge >= 0.3 is 6.18 Å². The van der Waals surface area contributed by atoms with Gasteiger partial charge in [-0.05, 0) is 30.3 Å². The lowest BCUT2D eigenvalue weighted by atomic mass is 9.94. The quantitative estimate of drug-likeness (QED) is 0.502. The number of hydrogen-bond donors (Lipinski definition) is 1. The van der Waals surface area contributed by atoms with Crippen LogP contribution in [0.2, 0.25) is 0 Å². The van der Waals surface area contributed by atoms with Crippen molar-refractivity contribution in [2.75, 3.05) is 4.90 Å². The van der Waals surface area contributed by atoms with E-state index in [1.54, 1.807) is 18.2 Å². The number of carbonyl (C=O) groups is 3. The van der Waals surface area contributed by atoms with Gasteiger partial charge in [-0.1, -0.05) is 30.3 Å². The molecule has 0 spiro atoms. The van der Waals surface area contributed by atoms with Gasteiger partial charge in [-0.2, -0.15) is 18.3 Å². The number of rotatable bonds is 3. The number of halogens is 3. The topological polar surface area (TPSA) is 91.7 Å². The van der Waals surface area contributed by atoms with Crippen LogP contribution in [-0.2, 0) is 15.8 Å². The monoisotopic (exact) mass is 438 g/mol. The number of alkyl halides is 3. The van der Waals surface area contributed by atoms with E-state index in [9.17, 15) is 27.6 Å². The minimum absolute atomic E-state index is 0.0441. The molecule has 2 amide bonds. The fourth-order valence-electron chi connectivity index (χ4n) is 3.88. The van der Waals surface area contributed by atoms with Gasteiger partial charge in [0.1, 0.15) is 23.4 Å². The lowest BCUT2D eigenvalue weighted by molar-refractivity contribution is -0.137. The number of benzene rings is 2. The first kappa shape index (κ1) is 19.9. The average molecular weight is 438 g/mol. The Bertz CT molecular complexity index is 1340. The summed E-state index contributed by atoms with van der Waals surface area (Å²) in [5.41, 5.74) is 1.68. The summed E-state index contributed by atoms with van der Waals surface area (Å²) in [7, 11) is 0. The standard InChI is InChI=1S/C22H13F3N4O3/c23-22(24,25)12-5-3-6-13(10-12)29-20(31)16-17(27-28-18(16)21(29)32)19(30)15-9-8-11-4-1-2-7-14(11)26-15/h1-10,16,18,28H/t16-,18+/m1/s1. The summed E-state index contributed by atoms with van der Waals surface area (Å²) < 4.78 is 39.2. The van der Waals surface area contributed by atoms with Crippen molar-refractivity contribution in [1.82, 2.24) is 10.4 Å². The summed E-state index contributed by atoms with van der Waals surface area (Å²) >= 11 is 0. The van der Waals surface area contributed by atoms with Crippen molar-refractivity contribution in [3.63, 3.8) is 0 Å². The summed E-state index contributed by atoms with van der Waals surface area (Å²) in [6.07, 6.45) is -4.64. The van der Waals surface area contributed by atoms with E-state index in [0.29, 0.717) is 10.4 Å². The normalized spacial score (nSPS) is 20.3. The highest BCUT2D eigenvalue weighted by molar-refractivity contribution is 6.52. The molecular weight excluding hydrogens is 425 g/mol. The van der Waals surface area contributed by atoms with Crippen LogP contribution in [-0.4, -0.2) is 34.3 Å². The fourth-order valence-corrected chi connectivity index (χ4v) is 3.88. The van der Waals surface area contributed by atoms with Crippen LogP contribution in [0.1, 0.15) is 16.1 Å². The van der Waals surface area contributed by atoms with Crippen molar-refractivity contribution in [2.45, 2.75) is 12.2 Å². The Kier molecular flexibility index (Phi) is 4.33. The van der Waals surface area contributed by atoms with Crippen LogP contribution in [0.5, 0.6) is 0 Å². The molecule has 0 saturated carbocycles. The first-order valence-electron chi connectivity index (χ1n) is 9.54. The molecule has 1 aromatic heterocycles. The molecule has 0 radical (unpaired) electrons. The smallest absolute Gasteiger partial charge is 0.296 e. The van der Waals surface area contributed by atoms with E-state index < -0.39 is 41.3 Å². The van der Waals surface area contributed by atoms with Gasteiger partial charge in [-0.25, -0.2) is 9.88 Å². The number of nitrogens with one attached hydrogen (secondary N) is 1. The molecule has 10 heteroatoms. The van der Waals surface area contributed by atoms with Gasteiger partial charge in [0, 0.05) is 5.39 Å². The Morgan fingerprint density at radius 3 is 2.53 bits per heavy atom. The Balaban J connectivity index is 1.47. The maximum atomic E-state index is 13.1. The molecule has 0 aliphatic carbocycles. The summed E-state index contributed by atoms with van der Waals surface area (Å²) in [6, 6.07) is 13.1. The Labute approximate surface area is 178 Å². The van der Waals surface area contributed by atoms with Gasteiger partial charge < -0.3 is 0 Å². The van der Waals surface area contributed by atoms with E-state index >= 15 is 0 Å². The maximum Gasteiger partial charge on any atom is 0.416 e. The molecule has 32 heavy (non-hydrogen) atoms. The molecule has 7 nitrogen and oxygen atoms in total. The van der Waals surface area contributed by atoms with Gasteiger partial charge in [0.2, 0.25) is 11.7 Å². The second-order valence-electron chi connectivity index (χ2n) is 7.36. The number of amides is 2. The van der Waals surface area contributed by atoms with E-state index in [1.165, 1.54) is 12.1 Å². The molecule has 2 aromatic carbocycles. The molecule has 1 fully saturated rings. The van der Waals surface area contributed by atoms with Crippen LogP contribution in [0.15, 0.2) is 65.8 Å². The molecule has 160 valence electrons. The third-order valence-corrected chi connectivity index (χ3v) is 5.42. The molecule has 1 N–H and O–H groups in total. The van der Waals surface area contributed by atoms with Crippen LogP contribution in [0.3, 0.4) is 0 Å². The predicted molar refractivity (Wildman–Crippen MR) is 108 cm³/mol.